The smallest absolute Gasteiger partial charge is 0.286 e. The minimum Gasteiger partial charge on any atom is -0.368 e. The van der Waals surface area contributed by atoms with Crippen molar-refractivity contribution in [1.82, 2.24) is 4.90 Å². The largest absolute Gasteiger partial charge is 0.368 e. The van der Waals surface area contributed by atoms with Crippen molar-refractivity contribution in [2.75, 3.05) is 31.1 Å². The molecule has 0 radical (unpaired) electrons. The summed E-state index contributed by atoms with van der Waals surface area (Å²) >= 11 is 1.49. The first-order chi connectivity index (χ1) is 12.7. The minimum atomic E-state index is -0.129. The van der Waals surface area contributed by atoms with Crippen molar-refractivity contribution in [3.8, 4) is 0 Å². The molecule has 5 heteroatoms. The summed E-state index contributed by atoms with van der Waals surface area (Å²) in [7, 11) is 0. The highest BCUT2D eigenvalue weighted by molar-refractivity contribution is 8.18. The number of piperazine rings is 1. The number of amides is 1. The van der Waals surface area contributed by atoms with Gasteiger partial charge < -0.3 is 9.80 Å². The number of amidine groups is 1. The number of anilines is 1. The fraction of sp³-hybridized carbons (Fsp3) is 0.238. The lowest BCUT2D eigenvalue weighted by Gasteiger charge is -2.37. The van der Waals surface area contributed by atoms with E-state index in [2.05, 4.69) is 46.0 Å². The van der Waals surface area contributed by atoms with Crippen molar-refractivity contribution in [3.05, 3.63) is 70.6 Å². The summed E-state index contributed by atoms with van der Waals surface area (Å²) in [4.78, 5) is 21.9. The number of carbonyl (C=O) groups is 1. The van der Waals surface area contributed by atoms with Crippen LogP contribution in [0.2, 0.25) is 0 Å². The topological polar surface area (TPSA) is 35.9 Å². The third-order valence-electron chi connectivity index (χ3n) is 4.71. The molecule has 0 atom stereocenters. The summed E-state index contributed by atoms with van der Waals surface area (Å²) < 4.78 is 0. The maximum absolute atomic E-state index is 12.2. The van der Waals surface area contributed by atoms with Crippen LogP contribution in [-0.2, 0) is 4.79 Å². The van der Waals surface area contributed by atoms with Crippen molar-refractivity contribution in [3.63, 3.8) is 0 Å². The van der Waals surface area contributed by atoms with Crippen LogP contribution in [0.25, 0.3) is 6.08 Å². The molecule has 0 aliphatic carbocycles. The first kappa shape index (κ1) is 16.9. The Bertz CT molecular complexity index is 868. The molecular formula is C21H21N3OS. The monoisotopic (exact) mass is 363 g/mol. The summed E-state index contributed by atoms with van der Waals surface area (Å²) in [6.07, 6.45) is 1.92. The van der Waals surface area contributed by atoms with Gasteiger partial charge in [0.25, 0.3) is 5.91 Å². The lowest BCUT2D eigenvalue weighted by Crippen LogP contribution is -2.48. The molecule has 0 aromatic heterocycles. The molecule has 1 amide bonds. The van der Waals surface area contributed by atoms with Gasteiger partial charge in [-0.15, -0.1) is 0 Å². The SMILES string of the molecule is Cc1ccccc1N1CCN(C2=NC(=O)/C(=C\c3ccccc3)S2)CC1. The number of para-hydroxylation sites is 1. The van der Waals surface area contributed by atoms with Crippen LogP contribution in [0, 0.1) is 6.92 Å². The Morgan fingerprint density at radius 1 is 0.923 bits per heavy atom. The van der Waals surface area contributed by atoms with Crippen LogP contribution >= 0.6 is 11.8 Å². The number of hydrogen-bond acceptors (Lipinski definition) is 4. The van der Waals surface area contributed by atoms with Gasteiger partial charge in [-0.3, -0.25) is 4.79 Å². The van der Waals surface area contributed by atoms with Crippen molar-refractivity contribution in [1.29, 1.82) is 0 Å². The average molecular weight is 363 g/mol. The Kier molecular flexibility index (Phi) is 4.80. The van der Waals surface area contributed by atoms with E-state index in [1.165, 1.54) is 23.0 Å². The van der Waals surface area contributed by atoms with Crippen molar-refractivity contribution in [2.24, 2.45) is 4.99 Å². The third-order valence-corrected chi connectivity index (χ3v) is 5.76. The summed E-state index contributed by atoms with van der Waals surface area (Å²) in [6.45, 7) is 5.79. The normalized spacial score (nSPS) is 19.2. The number of benzene rings is 2. The van der Waals surface area contributed by atoms with Crippen LogP contribution in [0.15, 0.2) is 64.5 Å². The van der Waals surface area contributed by atoms with Crippen LogP contribution in [-0.4, -0.2) is 42.2 Å². The molecule has 2 aliphatic rings. The van der Waals surface area contributed by atoms with Crippen LogP contribution in [0.4, 0.5) is 5.69 Å². The van der Waals surface area contributed by atoms with Gasteiger partial charge in [0, 0.05) is 31.9 Å². The molecule has 0 spiro atoms. The van der Waals surface area contributed by atoms with E-state index >= 15 is 0 Å². The van der Waals surface area contributed by atoms with Crippen LogP contribution in [0.5, 0.6) is 0 Å². The van der Waals surface area contributed by atoms with E-state index in [4.69, 9.17) is 0 Å². The molecule has 1 fully saturated rings. The molecule has 2 heterocycles. The quantitative estimate of drug-likeness (QED) is 0.761. The molecule has 4 rings (SSSR count). The second kappa shape index (κ2) is 7.38. The molecule has 1 saturated heterocycles. The van der Waals surface area contributed by atoms with E-state index in [0.29, 0.717) is 4.91 Å². The first-order valence-electron chi connectivity index (χ1n) is 8.84. The van der Waals surface area contributed by atoms with Crippen LogP contribution < -0.4 is 4.90 Å². The maximum Gasteiger partial charge on any atom is 0.286 e. The zero-order valence-corrected chi connectivity index (χ0v) is 15.6. The number of thioether (sulfide) groups is 1. The Balaban J connectivity index is 1.41. The molecule has 2 aliphatic heterocycles. The number of carbonyl (C=O) groups excluding carboxylic acids is 1. The van der Waals surface area contributed by atoms with E-state index in [-0.39, 0.29) is 5.91 Å². The molecule has 0 bridgehead atoms. The van der Waals surface area contributed by atoms with E-state index < -0.39 is 0 Å². The molecule has 0 unspecified atom stereocenters. The van der Waals surface area contributed by atoms with Crippen molar-refractivity contribution < 1.29 is 4.79 Å². The van der Waals surface area contributed by atoms with Crippen molar-refractivity contribution >= 4 is 34.6 Å². The fourth-order valence-electron chi connectivity index (χ4n) is 3.29. The second-order valence-corrected chi connectivity index (χ2v) is 7.49. The van der Waals surface area contributed by atoms with Gasteiger partial charge in [-0.05, 0) is 42.0 Å². The third kappa shape index (κ3) is 3.53. The van der Waals surface area contributed by atoms with E-state index in [0.717, 1.165) is 36.9 Å². The Labute approximate surface area is 158 Å². The summed E-state index contributed by atoms with van der Waals surface area (Å²) in [5, 5.41) is 0.835. The molecule has 26 heavy (non-hydrogen) atoms. The minimum absolute atomic E-state index is 0.129. The lowest BCUT2D eigenvalue weighted by atomic mass is 10.1. The van der Waals surface area contributed by atoms with Gasteiger partial charge in [0.05, 0.1) is 4.91 Å². The highest BCUT2D eigenvalue weighted by Crippen LogP contribution is 2.31. The van der Waals surface area contributed by atoms with Crippen LogP contribution in [0.1, 0.15) is 11.1 Å². The van der Waals surface area contributed by atoms with Gasteiger partial charge >= 0.3 is 0 Å². The molecule has 2 aromatic carbocycles. The van der Waals surface area contributed by atoms with Crippen LogP contribution in [0.3, 0.4) is 0 Å². The molecular weight excluding hydrogens is 342 g/mol. The fourth-order valence-corrected chi connectivity index (χ4v) is 4.26. The van der Waals surface area contributed by atoms with Gasteiger partial charge in [-0.2, -0.15) is 4.99 Å². The van der Waals surface area contributed by atoms with Crippen molar-refractivity contribution in [2.45, 2.75) is 6.92 Å². The highest BCUT2D eigenvalue weighted by Gasteiger charge is 2.28. The zero-order valence-electron chi connectivity index (χ0n) is 14.8. The highest BCUT2D eigenvalue weighted by atomic mass is 32.2. The first-order valence-corrected chi connectivity index (χ1v) is 9.65. The van der Waals surface area contributed by atoms with E-state index in [1.807, 2.05) is 36.4 Å². The number of nitrogens with zero attached hydrogens (tertiary/aromatic N) is 3. The van der Waals surface area contributed by atoms with Gasteiger partial charge in [-0.25, -0.2) is 0 Å². The zero-order chi connectivity index (χ0) is 17.9. The second-order valence-electron chi connectivity index (χ2n) is 6.48. The lowest BCUT2D eigenvalue weighted by molar-refractivity contribution is -0.113. The van der Waals surface area contributed by atoms with Gasteiger partial charge in [0.2, 0.25) is 0 Å². The summed E-state index contributed by atoms with van der Waals surface area (Å²) in [5.41, 5.74) is 3.63. The Morgan fingerprint density at radius 2 is 1.58 bits per heavy atom. The summed E-state index contributed by atoms with van der Waals surface area (Å²) in [6, 6.07) is 18.4. The van der Waals surface area contributed by atoms with Gasteiger partial charge in [0.1, 0.15) is 0 Å². The van der Waals surface area contributed by atoms with Gasteiger partial charge in [0.15, 0.2) is 5.17 Å². The molecule has 2 aromatic rings. The Morgan fingerprint density at radius 3 is 2.31 bits per heavy atom. The standard InChI is InChI=1S/C21H21N3OS/c1-16-7-5-6-10-18(16)23-11-13-24(14-12-23)21-22-20(25)19(26-21)15-17-8-3-2-4-9-17/h2-10,15H,11-14H2,1H3/b19-15+. The predicted molar refractivity (Wildman–Crippen MR) is 109 cm³/mol. The number of aliphatic imine (C=N–C) groups is 1. The Hall–Kier alpha value is -2.53. The van der Waals surface area contributed by atoms with E-state index in [1.54, 1.807) is 0 Å². The molecule has 4 nitrogen and oxygen atoms in total. The maximum atomic E-state index is 12.2. The molecule has 0 N–H and O–H groups in total. The van der Waals surface area contributed by atoms with Gasteiger partial charge in [-0.1, -0.05) is 48.5 Å². The molecule has 132 valence electrons. The predicted octanol–water partition coefficient (Wildman–Crippen LogP) is 3.79. The number of rotatable bonds is 2. The summed E-state index contributed by atoms with van der Waals surface area (Å²) in [5.74, 6) is -0.129. The average Bonchev–Trinajstić information content (AvgIpc) is 3.04. The molecule has 0 saturated carbocycles. The van der Waals surface area contributed by atoms with E-state index in [9.17, 15) is 4.79 Å². The number of hydrogen-bond donors (Lipinski definition) is 0. The number of aryl methyl sites for hydroxylation is 1.